The standard InChI is InChI=1S/C40H50N4O5/c1-3-4-5-6-7-8-9-19-37(45)42-36-18-13-22-43(2)39(47)32-16-12-17-35(25-32)49-28-34-26-33(27-44(34)40(36)48)41-38(46)24-29-20-21-30-14-10-11-15-31(30)23-29/h8-12,14-17,20-21,23,25,33-34,36H,3-7,13,18-19,22,24,26-28H2,1-2H3,(H,41,46)(H,42,45)/b9-8+/t33-,34-,36-/m0/s1. The Morgan fingerprint density at radius 1 is 0.918 bits per heavy atom. The van der Waals surface area contributed by atoms with Crippen molar-refractivity contribution in [2.75, 3.05) is 26.7 Å². The largest absolute Gasteiger partial charge is 0.491 e. The molecule has 2 heterocycles. The van der Waals surface area contributed by atoms with Crippen LogP contribution in [0, 0.1) is 0 Å². The quantitative estimate of drug-likeness (QED) is 0.198. The summed E-state index contributed by atoms with van der Waals surface area (Å²) in [5.74, 6) is -0.109. The number of unbranched alkanes of at least 4 members (excludes halogenated alkanes) is 4. The Kier molecular flexibility index (Phi) is 12.8. The van der Waals surface area contributed by atoms with E-state index in [1.54, 1.807) is 41.1 Å². The van der Waals surface area contributed by atoms with Gasteiger partial charge in [-0.1, -0.05) is 86.9 Å². The molecule has 5 rings (SSSR count). The van der Waals surface area contributed by atoms with Gasteiger partial charge in [0.1, 0.15) is 18.4 Å². The van der Waals surface area contributed by atoms with Crippen LogP contribution in [0.15, 0.2) is 78.9 Å². The molecule has 0 spiro atoms. The van der Waals surface area contributed by atoms with Gasteiger partial charge in [0.25, 0.3) is 5.91 Å². The average molecular weight is 667 g/mol. The van der Waals surface area contributed by atoms with E-state index in [1.165, 1.54) is 19.3 Å². The number of nitrogens with one attached hydrogen (secondary N) is 2. The molecular formula is C40H50N4O5. The normalized spacial score (nSPS) is 20.2. The summed E-state index contributed by atoms with van der Waals surface area (Å²) in [6, 6.07) is 19.8. The second kappa shape index (κ2) is 17.7. The molecule has 3 aromatic rings. The first-order chi connectivity index (χ1) is 23.8. The molecule has 3 atom stereocenters. The molecule has 260 valence electrons. The SMILES string of the molecule is CCCCCC/C=C/CC(=O)N[C@H]1CCCN(C)C(=O)c2cccc(c2)OC[C@@H]2C[C@H](NC(=O)Cc3ccc4ccccc4c3)CN2C1=O. The minimum Gasteiger partial charge on any atom is -0.491 e. The molecule has 2 aliphatic heterocycles. The maximum Gasteiger partial charge on any atom is 0.253 e. The molecule has 9 heteroatoms. The lowest BCUT2D eigenvalue weighted by atomic mass is 10.0. The van der Waals surface area contributed by atoms with Crippen LogP contribution in [-0.4, -0.2) is 78.3 Å². The van der Waals surface area contributed by atoms with E-state index in [2.05, 4.69) is 17.6 Å². The highest BCUT2D eigenvalue weighted by molar-refractivity contribution is 5.94. The Bertz CT molecular complexity index is 1640. The van der Waals surface area contributed by atoms with Gasteiger partial charge in [0.2, 0.25) is 17.7 Å². The summed E-state index contributed by atoms with van der Waals surface area (Å²) in [5, 5.41) is 8.36. The molecule has 0 radical (unpaired) electrons. The maximum absolute atomic E-state index is 14.2. The molecule has 2 bridgehead atoms. The van der Waals surface area contributed by atoms with Gasteiger partial charge in [0, 0.05) is 38.2 Å². The van der Waals surface area contributed by atoms with Gasteiger partial charge >= 0.3 is 0 Å². The first-order valence-corrected chi connectivity index (χ1v) is 17.8. The van der Waals surface area contributed by atoms with Crippen molar-refractivity contribution in [2.24, 2.45) is 0 Å². The van der Waals surface area contributed by atoms with E-state index in [0.29, 0.717) is 43.7 Å². The van der Waals surface area contributed by atoms with Crippen molar-refractivity contribution in [2.45, 2.75) is 89.3 Å². The fourth-order valence-electron chi connectivity index (χ4n) is 6.74. The predicted molar refractivity (Wildman–Crippen MR) is 192 cm³/mol. The minimum absolute atomic E-state index is 0.110. The molecule has 0 saturated carbocycles. The third kappa shape index (κ3) is 10.2. The van der Waals surface area contributed by atoms with Gasteiger partial charge < -0.3 is 25.2 Å². The molecule has 1 fully saturated rings. The van der Waals surface area contributed by atoms with Crippen molar-refractivity contribution in [1.29, 1.82) is 0 Å². The Hall–Kier alpha value is -4.66. The second-order valence-corrected chi connectivity index (χ2v) is 13.4. The number of carbonyl (C=O) groups excluding carboxylic acids is 4. The minimum atomic E-state index is -0.760. The number of benzene rings is 3. The van der Waals surface area contributed by atoms with Crippen molar-refractivity contribution in [3.63, 3.8) is 0 Å². The summed E-state index contributed by atoms with van der Waals surface area (Å²) in [4.78, 5) is 57.1. The molecule has 9 nitrogen and oxygen atoms in total. The third-order valence-corrected chi connectivity index (χ3v) is 9.43. The summed E-state index contributed by atoms with van der Waals surface area (Å²) in [6.07, 6.45) is 11.4. The zero-order chi connectivity index (χ0) is 34.6. The fraction of sp³-hybridized carbons (Fsp3) is 0.450. The van der Waals surface area contributed by atoms with Crippen LogP contribution in [0.3, 0.4) is 0 Å². The Balaban J connectivity index is 1.29. The fourth-order valence-corrected chi connectivity index (χ4v) is 6.74. The van der Waals surface area contributed by atoms with E-state index in [0.717, 1.165) is 29.2 Å². The van der Waals surface area contributed by atoms with E-state index in [9.17, 15) is 19.2 Å². The molecule has 3 aromatic carbocycles. The number of fused-ring (bicyclic) bond motifs is 4. The zero-order valence-corrected chi connectivity index (χ0v) is 28.9. The number of hydrogen-bond acceptors (Lipinski definition) is 5. The van der Waals surface area contributed by atoms with Crippen LogP contribution in [-0.2, 0) is 20.8 Å². The lowest BCUT2D eigenvalue weighted by molar-refractivity contribution is -0.137. The van der Waals surface area contributed by atoms with E-state index >= 15 is 0 Å². The number of allylic oxidation sites excluding steroid dienone is 1. The Morgan fingerprint density at radius 2 is 1.76 bits per heavy atom. The van der Waals surface area contributed by atoms with E-state index in [1.807, 2.05) is 54.6 Å². The molecule has 4 amide bonds. The molecular weight excluding hydrogens is 616 g/mol. The smallest absolute Gasteiger partial charge is 0.253 e. The topological polar surface area (TPSA) is 108 Å². The van der Waals surface area contributed by atoms with Crippen molar-refractivity contribution < 1.29 is 23.9 Å². The van der Waals surface area contributed by atoms with E-state index in [-0.39, 0.29) is 55.2 Å². The van der Waals surface area contributed by atoms with Crippen molar-refractivity contribution in [3.8, 4) is 5.75 Å². The van der Waals surface area contributed by atoms with Gasteiger partial charge in [-0.2, -0.15) is 0 Å². The van der Waals surface area contributed by atoms with Crippen LogP contribution in [0.1, 0.15) is 80.6 Å². The summed E-state index contributed by atoms with van der Waals surface area (Å²) < 4.78 is 6.17. The predicted octanol–water partition coefficient (Wildman–Crippen LogP) is 5.81. The Labute approximate surface area is 290 Å². The molecule has 0 aromatic heterocycles. The number of nitrogens with zero attached hydrogens (tertiary/aromatic N) is 2. The summed E-state index contributed by atoms with van der Waals surface area (Å²) >= 11 is 0. The molecule has 2 aliphatic rings. The van der Waals surface area contributed by atoms with Crippen LogP contribution in [0.5, 0.6) is 5.75 Å². The van der Waals surface area contributed by atoms with E-state index < -0.39 is 6.04 Å². The summed E-state index contributed by atoms with van der Waals surface area (Å²) in [6.45, 7) is 3.12. The van der Waals surface area contributed by atoms with E-state index in [4.69, 9.17) is 4.74 Å². The van der Waals surface area contributed by atoms with Gasteiger partial charge in [-0.25, -0.2) is 0 Å². The zero-order valence-electron chi connectivity index (χ0n) is 28.9. The van der Waals surface area contributed by atoms with Gasteiger partial charge in [0.05, 0.1) is 12.5 Å². The van der Waals surface area contributed by atoms with Crippen molar-refractivity contribution >= 4 is 34.4 Å². The van der Waals surface area contributed by atoms with Gasteiger partial charge in [-0.15, -0.1) is 0 Å². The van der Waals surface area contributed by atoms with Crippen LogP contribution >= 0.6 is 0 Å². The second-order valence-electron chi connectivity index (χ2n) is 13.4. The number of ether oxygens (including phenoxy) is 1. The molecule has 49 heavy (non-hydrogen) atoms. The van der Waals surface area contributed by atoms with Crippen molar-refractivity contribution in [3.05, 3.63) is 90.0 Å². The summed E-state index contributed by atoms with van der Waals surface area (Å²) in [7, 11) is 1.74. The maximum atomic E-state index is 14.2. The number of amides is 4. The van der Waals surface area contributed by atoms with Crippen LogP contribution in [0.4, 0.5) is 0 Å². The van der Waals surface area contributed by atoms with Gasteiger partial charge in [0.15, 0.2) is 0 Å². The van der Waals surface area contributed by atoms with Crippen LogP contribution in [0.2, 0.25) is 0 Å². The number of hydrogen-bond donors (Lipinski definition) is 2. The molecule has 1 saturated heterocycles. The highest BCUT2D eigenvalue weighted by Gasteiger charge is 2.39. The highest BCUT2D eigenvalue weighted by Crippen LogP contribution is 2.24. The lowest BCUT2D eigenvalue weighted by Crippen LogP contribution is -2.51. The highest BCUT2D eigenvalue weighted by atomic mass is 16.5. The van der Waals surface area contributed by atoms with Crippen LogP contribution in [0.25, 0.3) is 10.8 Å². The third-order valence-electron chi connectivity index (χ3n) is 9.43. The lowest BCUT2D eigenvalue weighted by Gasteiger charge is -2.30. The van der Waals surface area contributed by atoms with Gasteiger partial charge in [-0.05, 0) is 66.6 Å². The first-order valence-electron chi connectivity index (χ1n) is 17.8. The Morgan fingerprint density at radius 3 is 2.59 bits per heavy atom. The van der Waals surface area contributed by atoms with Crippen molar-refractivity contribution in [1.82, 2.24) is 20.4 Å². The number of rotatable bonds is 11. The van der Waals surface area contributed by atoms with Gasteiger partial charge in [-0.3, -0.25) is 19.2 Å². The molecule has 0 aliphatic carbocycles. The average Bonchev–Trinajstić information content (AvgIpc) is 3.50. The first kappa shape index (κ1) is 35.6. The molecule has 2 N–H and O–H groups in total. The monoisotopic (exact) mass is 666 g/mol. The summed E-state index contributed by atoms with van der Waals surface area (Å²) in [5.41, 5.74) is 1.45. The molecule has 0 unspecified atom stereocenters. The van der Waals surface area contributed by atoms with Crippen LogP contribution < -0.4 is 15.4 Å². The number of carbonyl (C=O) groups is 4.